The van der Waals surface area contributed by atoms with Gasteiger partial charge in [0.25, 0.3) is 0 Å². The zero-order valence-corrected chi connectivity index (χ0v) is 13.9. The molecule has 1 aliphatic rings. The van der Waals surface area contributed by atoms with E-state index in [1.807, 2.05) is 37.3 Å². The lowest BCUT2D eigenvalue weighted by Gasteiger charge is -2.24. The van der Waals surface area contributed by atoms with E-state index in [0.717, 1.165) is 22.5 Å². The van der Waals surface area contributed by atoms with Crippen molar-refractivity contribution in [2.75, 3.05) is 14.2 Å². The highest BCUT2D eigenvalue weighted by Gasteiger charge is 2.19. The van der Waals surface area contributed by atoms with Gasteiger partial charge in [0.05, 0.1) is 14.2 Å². The molecule has 3 rings (SSSR count). The minimum absolute atomic E-state index is 0.261. The fourth-order valence-electron chi connectivity index (χ4n) is 2.62. The molecule has 4 heteroatoms. The van der Waals surface area contributed by atoms with Crippen LogP contribution in [0.25, 0.3) is 5.76 Å². The van der Waals surface area contributed by atoms with Crippen LogP contribution in [0.4, 0.5) is 4.39 Å². The van der Waals surface area contributed by atoms with Crippen LogP contribution in [-0.4, -0.2) is 14.2 Å². The molecule has 0 radical (unpaired) electrons. The number of hydrogen-bond acceptors (Lipinski definition) is 3. The number of hydrogen-bond donors (Lipinski definition) is 0. The number of halogens is 1. The van der Waals surface area contributed by atoms with Gasteiger partial charge in [0.1, 0.15) is 29.2 Å². The highest BCUT2D eigenvalue weighted by atomic mass is 19.1. The third kappa shape index (κ3) is 3.43. The third-order valence-electron chi connectivity index (χ3n) is 3.86. The molecule has 24 heavy (non-hydrogen) atoms. The molecule has 1 heterocycles. The molecule has 0 aromatic heterocycles. The van der Waals surface area contributed by atoms with Crippen molar-refractivity contribution in [2.24, 2.45) is 0 Å². The monoisotopic (exact) mass is 326 g/mol. The zero-order chi connectivity index (χ0) is 17.1. The lowest BCUT2D eigenvalue weighted by molar-refractivity contribution is 0.210. The molecule has 0 saturated heterocycles. The summed E-state index contributed by atoms with van der Waals surface area (Å²) >= 11 is 0. The van der Waals surface area contributed by atoms with Crippen molar-refractivity contribution in [3.63, 3.8) is 0 Å². The largest absolute Gasteiger partial charge is 0.497 e. The molecule has 1 atom stereocenters. The van der Waals surface area contributed by atoms with Crippen LogP contribution < -0.4 is 9.47 Å². The molecule has 0 N–H and O–H groups in total. The minimum atomic E-state index is -0.261. The standard InChI is InChI=1S/C20H19FO3/c1-13-8-19(14-4-6-16(21)7-5-14)24-20(9-13)15-10-17(22-2)12-18(11-15)23-3/h4-12,19H,1-3H3. The van der Waals surface area contributed by atoms with E-state index in [4.69, 9.17) is 14.2 Å². The highest BCUT2D eigenvalue weighted by Crippen LogP contribution is 2.35. The Labute approximate surface area is 141 Å². The van der Waals surface area contributed by atoms with Gasteiger partial charge in [-0.1, -0.05) is 12.1 Å². The van der Waals surface area contributed by atoms with Gasteiger partial charge >= 0.3 is 0 Å². The normalized spacial score (nSPS) is 16.8. The van der Waals surface area contributed by atoms with Gasteiger partial charge in [-0.2, -0.15) is 0 Å². The van der Waals surface area contributed by atoms with Gasteiger partial charge in [0.2, 0.25) is 0 Å². The number of methoxy groups -OCH3 is 2. The van der Waals surface area contributed by atoms with Crippen LogP contribution in [0.3, 0.4) is 0 Å². The Morgan fingerprint density at radius 1 is 0.958 bits per heavy atom. The lowest BCUT2D eigenvalue weighted by atomic mass is 10.0. The molecule has 0 fully saturated rings. The topological polar surface area (TPSA) is 27.7 Å². The van der Waals surface area contributed by atoms with Crippen molar-refractivity contribution in [1.82, 2.24) is 0 Å². The Morgan fingerprint density at radius 3 is 2.17 bits per heavy atom. The van der Waals surface area contributed by atoms with Crippen molar-refractivity contribution >= 4 is 5.76 Å². The maximum atomic E-state index is 13.1. The molecular weight excluding hydrogens is 307 g/mol. The van der Waals surface area contributed by atoms with E-state index in [9.17, 15) is 4.39 Å². The Balaban J connectivity index is 1.94. The van der Waals surface area contributed by atoms with Crippen LogP contribution in [0.1, 0.15) is 24.2 Å². The zero-order valence-electron chi connectivity index (χ0n) is 13.9. The molecule has 0 saturated carbocycles. The number of benzene rings is 2. The summed E-state index contributed by atoms with van der Waals surface area (Å²) in [7, 11) is 3.22. The number of ether oxygens (including phenoxy) is 3. The summed E-state index contributed by atoms with van der Waals surface area (Å²) in [6.45, 7) is 2.01. The van der Waals surface area contributed by atoms with E-state index in [2.05, 4.69) is 0 Å². The molecule has 0 spiro atoms. The van der Waals surface area contributed by atoms with Crippen LogP contribution in [0, 0.1) is 5.82 Å². The molecule has 0 aliphatic carbocycles. The molecule has 1 aliphatic heterocycles. The summed E-state index contributed by atoms with van der Waals surface area (Å²) in [6, 6.07) is 12.0. The highest BCUT2D eigenvalue weighted by molar-refractivity contribution is 5.67. The van der Waals surface area contributed by atoms with Crippen LogP contribution >= 0.6 is 0 Å². The quantitative estimate of drug-likeness (QED) is 0.799. The first kappa shape index (κ1) is 16.1. The molecule has 1 unspecified atom stereocenters. The van der Waals surface area contributed by atoms with Crippen LogP contribution in [0.5, 0.6) is 11.5 Å². The fourth-order valence-corrected chi connectivity index (χ4v) is 2.62. The molecule has 2 aromatic rings. The van der Waals surface area contributed by atoms with Crippen molar-refractivity contribution in [2.45, 2.75) is 13.0 Å². The van der Waals surface area contributed by atoms with Gasteiger partial charge < -0.3 is 14.2 Å². The second-order valence-corrected chi connectivity index (χ2v) is 5.61. The van der Waals surface area contributed by atoms with Gasteiger partial charge in [-0.05, 0) is 54.5 Å². The SMILES string of the molecule is COc1cc(OC)cc(C2=CC(C)=CC(c3ccc(F)cc3)O2)c1. The minimum Gasteiger partial charge on any atom is -0.497 e. The Hall–Kier alpha value is -2.75. The Kier molecular flexibility index (Phi) is 4.56. The molecule has 0 amide bonds. The molecular formula is C20H19FO3. The summed E-state index contributed by atoms with van der Waals surface area (Å²) in [6.07, 6.45) is 3.71. The predicted molar refractivity (Wildman–Crippen MR) is 91.5 cm³/mol. The van der Waals surface area contributed by atoms with Gasteiger partial charge in [-0.15, -0.1) is 0 Å². The van der Waals surface area contributed by atoms with Crippen LogP contribution in [0.2, 0.25) is 0 Å². The van der Waals surface area contributed by atoms with E-state index in [1.165, 1.54) is 12.1 Å². The van der Waals surface area contributed by atoms with Crippen molar-refractivity contribution in [1.29, 1.82) is 0 Å². The lowest BCUT2D eigenvalue weighted by Crippen LogP contribution is -2.06. The second kappa shape index (κ2) is 6.79. The van der Waals surface area contributed by atoms with E-state index in [-0.39, 0.29) is 11.9 Å². The summed E-state index contributed by atoms with van der Waals surface area (Å²) < 4.78 is 29.9. The molecule has 3 nitrogen and oxygen atoms in total. The van der Waals surface area contributed by atoms with E-state index in [1.54, 1.807) is 26.4 Å². The molecule has 2 aromatic carbocycles. The van der Waals surface area contributed by atoms with Crippen LogP contribution in [0.15, 0.2) is 60.2 Å². The van der Waals surface area contributed by atoms with Crippen molar-refractivity contribution in [3.8, 4) is 11.5 Å². The fraction of sp³-hybridized carbons (Fsp3) is 0.200. The summed E-state index contributed by atoms with van der Waals surface area (Å²) in [5.41, 5.74) is 2.84. The average molecular weight is 326 g/mol. The third-order valence-corrected chi connectivity index (χ3v) is 3.86. The summed E-state index contributed by atoms with van der Waals surface area (Å²) in [5, 5.41) is 0. The van der Waals surface area contributed by atoms with E-state index >= 15 is 0 Å². The number of rotatable bonds is 4. The van der Waals surface area contributed by atoms with Gasteiger partial charge in [0, 0.05) is 11.6 Å². The van der Waals surface area contributed by atoms with E-state index < -0.39 is 0 Å². The Morgan fingerprint density at radius 2 is 1.58 bits per heavy atom. The van der Waals surface area contributed by atoms with Crippen molar-refractivity contribution < 1.29 is 18.6 Å². The maximum Gasteiger partial charge on any atom is 0.143 e. The smallest absolute Gasteiger partial charge is 0.143 e. The average Bonchev–Trinajstić information content (AvgIpc) is 2.61. The first-order valence-corrected chi connectivity index (χ1v) is 7.65. The first-order chi connectivity index (χ1) is 11.6. The number of allylic oxidation sites excluding steroid dienone is 2. The maximum absolute atomic E-state index is 13.1. The first-order valence-electron chi connectivity index (χ1n) is 7.65. The molecule has 124 valence electrons. The van der Waals surface area contributed by atoms with Gasteiger partial charge in [0.15, 0.2) is 0 Å². The summed E-state index contributed by atoms with van der Waals surface area (Å²) in [5.74, 6) is 1.85. The predicted octanol–water partition coefficient (Wildman–Crippen LogP) is 4.90. The van der Waals surface area contributed by atoms with Gasteiger partial charge in [-0.25, -0.2) is 4.39 Å². The van der Waals surface area contributed by atoms with Gasteiger partial charge in [-0.3, -0.25) is 0 Å². The molecule has 0 bridgehead atoms. The van der Waals surface area contributed by atoms with Crippen molar-refractivity contribution in [3.05, 3.63) is 77.1 Å². The summed E-state index contributed by atoms with van der Waals surface area (Å²) in [4.78, 5) is 0. The van der Waals surface area contributed by atoms with E-state index in [0.29, 0.717) is 11.5 Å². The van der Waals surface area contributed by atoms with Crippen LogP contribution in [-0.2, 0) is 4.74 Å². The second-order valence-electron chi connectivity index (χ2n) is 5.61. The Bertz CT molecular complexity index is 769.